The van der Waals surface area contributed by atoms with Crippen molar-refractivity contribution in [3.63, 3.8) is 0 Å². The van der Waals surface area contributed by atoms with Gasteiger partial charge in [-0.2, -0.15) is 18.3 Å². The summed E-state index contributed by atoms with van der Waals surface area (Å²) in [7, 11) is 0. The SMILES string of the molecule is Cc1nc(C)n(C2CN(c3nc(C(F)(F)F)c(Br)s3)C2)n1. The molecule has 114 valence electrons. The van der Waals surface area contributed by atoms with Crippen LogP contribution in [0.2, 0.25) is 0 Å². The van der Waals surface area contributed by atoms with E-state index in [9.17, 15) is 13.2 Å². The molecule has 1 fully saturated rings. The van der Waals surface area contributed by atoms with Crippen LogP contribution in [-0.2, 0) is 6.18 Å². The van der Waals surface area contributed by atoms with Crippen molar-refractivity contribution in [3.05, 3.63) is 21.1 Å². The van der Waals surface area contributed by atoms with Gasteiger partial charge in [-0.25, -0.2) is 14.6 Å². The molecule has 1 saturated heterocycles. The van der Waals surface area contributed by atoms with E-state index in [1.54, 1.807) is 0 Å². The molecular formula is C11H11BrF3N5S. The van der Waals surface area contributed by atoms with Crippen molar-refractivity contribution in [3.8, 4) is 0 Å². The average molecular weight is 382 g/mol. The van der Waals surface area contributed by atoms with Gasteiger partial charge in [-0.15, -0.1) is 0 Å². The van der Waals surface area contributed by atoms with Crippen molar-refractivity contribution in [1.29, 1.82) is 0 Å². The van der Waals surface area contributed by atoms with E-state index in [0.717, 1.165) is 17.2 Å². The van der Waals surface area contributed by atoms with Crippen LogP contribution in [-0.4, -0.2) is 32.8 Å². The minimum atomic E-state index is -4.43. The molecule has 10 heteroatoms. The molecule has 0 spiro atoms. The predicted molar refractivity (Wildman–Crippen MR) is 75.6 cm³/mol. The molecule has 3 heterocycles. The monoisotopic (exact) mass is 381 g/mol. The zero-order valence-electron chi connectivity index (χ0n) is 11.1. The Bertz CT molecular complexity index is 674. The van der Waals surface area contributed by atoms with Crippen molar-refractivity contribution < 1.29 is 13.2 Å². The maximum absolute atomic E-state index is 12.7. The molecule has 3 rings (SSSR count). The van der Waals surface area contributed by atoms with E-state index in [-0.39, 0.29) is 9.83 Å². The first-order valence-corrected chi connectivity index (χ1v) is 7.75. The first kappa shape index (κ1) is 14.8. The number of anilines is 1. The van der Waals surface area contributed by atoms with Gasteiger partial charge in [0.2, 0.25) is 0 Å². The van der Waals surface area contributed by atoms with Crippen LogP contribution < -0.4 is 4.90 Å². The molecule has 0 radical (unpaired) electrons. The number of aryl methyl sites for hydroxylation is 2. The third-order valence-electron chi connectivity index (χ3n) is 3.23. The third kappa shape index (κ3) is 2.66. The Kier molecular flexibility index (Phi) is 3.47. The van der Waals surface area contributed by atoms with Crippen LogP contribution in [0.4, 0.5) is 18.3 Å². The van der Waals surface area contributed by atoms with Crippen molar-refractivity contribution >= 4 is 32.4 Å². The lowest BCUT2D eigenvalue weighted by Gasteiger charge is -2.39. The van der Waals surface area contributed by atoms with Gasteiger partial charge in [0.25, 0.3) is 0 Å². The molecule has 0 N–H and O–H groups in total. The highest BCUT2D eigenvalue weighted by molar-refractivity contribution is 9.11. The zero-order chi connectivity index (χ0) is 15.4. The lowest BCUT2D eigenvalue weighted by molar-refractivity contribution is -0.141. The van der Waals surface area contributed by atoms with E-state index >= 15 is 0 Å². The second-order valence-corrected chi connectivity index (χ2v) is 7.12. The van der Waals surface area contributed by atoms with Gasteiger partial charge in [0.05, 0.1) is 6.04 Å². The van der Waals surface area contributed by atoms with Gasteiger partial charge in [0.15, 0.2) is 10.8 Å². The third-order valence-corrected chi connectivity index (χ3v) is 5.00. The quantitative estimate of drug-likeness (QED) is 0.801. The van der Waals surface area contributed by atoms with Crippen LogP contribution in [0.1, 0.15) is 23.4 Å². The molecule has 1 aliphatic rings. The highest BCUT2D eigenvalue weighted by Crippen LogP contribution is 2.42. The summed E-state index contributed by atoms with van der Waals surface area (Å²) < 4.78 is 40.0. The van der Waals surface area contributed by atoms with Gasteiger partial charge in [-0.05, 0) is 29.8 Å². The number of rotatable bonds is 2. The number of hydrogen-bond acceptors (Lipinski definition) is 5. The fraction of sp³-hybridized carbons (Fsp3) is 0.545. The zero-order valence-corrected chi connectivity index (χ0v) is 13.6. The molecule has 0 aromatic carbocycles. The molecule has 5 nitrogen and oxygen atoms in total. The van der Waals surface area contributed by atoms with Crippen LogP contribution in [0.3, 0.4) is 0 Å². The van der Waals surface area contributed by atoms with Crippen LogP contribution in [0.15, 0.2) is 3.79 Å². The summed E-state index contributed by atoms with van der Waals surface area (Å²) in [4.78, 5) is 9.72. The van der Waals surface area contributed by atoms with E-state index in [1.807, 2.05) is 23.4 Å². The molecule has 0 amide bonds. The lowest BCUT2D eigenvalue weighted by Crippen LogP contribution is -2.48. The first-order valence-electron chi connectivity index (χ1n) is 6.14. The van der Waals surface area contributed by atoms with Crippen molar-refractivity contribution in [2.75, 3.05) is 18.0 Å². The smallest absolute Gasteiger partial charge is 0.344 e. The Balaban J connectivity index is 1.73. The maximum atomic E-state index is 12.7. The Morgan fingerprint density at radius 3 is 2.38 bits per heavy atom. The number of thiazole rings is 1. The molecule has 2 aromatic rings. The van der Waals surface area contributed by atoms with E-state index in [4.69, 9.17) is 0 Å². The highest BCUT2D eigenvalue weighted by Gasteiger charge is 2.39. The molecule has 0 unspecified atom stereocenters. The topological polar surface area (TPSA) is 46.8 Å². The second-order valence-electron chi connectivity index (χ2n) is 4.83. The minimum absolute atomic E-state index is 0.0150. The van der Waals surface area contributed by atoms with Gasteiger partial charge in [-0.3, -0.25) is 0 Å². The van der Waals surface area contributed by atoms with E-state index in [1.165, 1.54) is 0 Å². The van der Waals surface area contributed by atoms with Crippen molar-refractivity contribution in [2.45, 2.75) is 26.1 Å². The largest absolute Gasteiger partial charge is 0.435 e. The summed E-state index contributed by atoms with van der Waals surface area (Å²) in [6.45, 7) is 4.85. The lowest BCUT2D eigenvalue weighted by atomic mass is 10.1. The summed E-state index contributed by atoms with van der Waals surface area (Å²) in [6, 6.07) is 0.128. The van der Waals surface area contributed by atoms with Gasteiger partial charge >= 0.3 is 6.18 Å². The van der Waals surface area contributed by atoms with E-state index in [2.05, 4.69) is 31.0 Å². The fourth-order valence-electron chi connectivity index (χ4n) is 2.25. The number of nitrogens with zero attached hydrogens (tertiary/aromatic N) is 5. The van der Waals surface area contributed by atoms with Crippen LogP contribution in [0.25, 0.3) is 0 Å². The second kappa shape index (κ2) is 4.94. The first-order chi connectivity index (χ1) is 9.75. The Morgan fingerprint density at radius 2 is 1.90 bits per heavy atom. The molecule has 1 aliphatic heterocycles. The molecule has 0 bridgehead atoms. The summed E-state index contributed by atoms with van der Waals surface area (Å²) in [6.07, 6.45) is -4.43. The van der Waals surface area contributed by atoms with Gasteiger partial charge in [-0.1, -0.05) is 11.3 Å². The van der Waals surface area contributed by atoms with Crippen LogP contribution >= 0.6 is 27.3 Å². The van der Waals surface area contributed by atoms with Crippen molar-refractivity contribution in [1.82, 2.24) is 19.7 Å². The Morgan fingerprint density at radius 1 is 1.24 bits per heavy atom. The number of halogens is 4. The molecule has 0 atom stereocenters. The van der Waals surface area contributed by atoms with Crippen LogP contribution in [0, 0.1) is 13.8 Å². The molecular weight excluding hydrogens is 371 g/mol. The maximum Gasteiger partial charge on any atom is 0.435 e. The Labute approximate surface area is 130 Å². The Hall–Kier alpha value is -1.16. The van der Waals surface area contributed by atoms with Gasteiger partial charge in [0.1, 0.15) is 15.4 Å². The van der Waals surface area contributed by atoms with E-state index in [0.29, 0.717) is 24.0 Å². The van der Waals surface area contributed by atoms with Gasteiger partial charge in [0, 0.05) is 13.1 Å². The normalized spacial score (nSPS) is 16.4. The predicted octanol–water partition coefficient (Wildman–Crippen LogP) is 3.19. The van der Waals surface area contributed by atoms with Gasteiger partial charge < -0.3 is 4.90 Å². The number of hydrogen-bond donors (Lipinski definition) is 0. The molecule has 2 aromatic heterocycles. The summed E-state index contributed by atoms with van der Waals surface area (Å²) in [5.41, 5.74) is -0.862. The number of alkyl halides is 3. The van der Waals surface area contributed by atoms with Crippen LogP contribution in [0.5, 0.6) is 0 Å². The standard InChI is InChI=1S/C11H11BrF3N5S/c1-5-16-6(2)20(18-5)7-3-19(4-7)10-17-8(9(12)21-10)11(13,14)15/h7H,3-4H2,1-2H3. The molecule has 0 aliphatic carbocycles. The summed E-state index contributed by atoms with van der Waals surface area (Å²) >= 11 is 3.93. The molecule has 0 saturated carbocycles. The highest BCUT2D eigenvalue weighted by atomic mass is 79.9. The van der Waals surface area contributed by atoms with Crippen molar-refractivity contribution in [2.24, 2.45) is 0 Å². The fourth-order valence-corrected chi connectivity index (χ4v) is 3.83. The number of aromatic nitrogens is 4. The minimum Gasteiger partial charge on any atom is -0.344 e. The summed E-state index contributed by atoms with van der Waals surface area (Å²) in [5.74, 6) is 1.51. The summed E-state index contributed by atoms with van der Waals surface area (Å²) in [5, 5.41) is 4.67. The van der Waals surface area contributed by atoms with E-state index < -0.39 is 11.9 Å². The average Bonchev–Trinajstić information content (AvgIpc) is 2.80. The molecule has 21 heavy (non-hydrogen) atoms.